The van der Waals surface area contributed by atoms with E-state index in [9.17, 15) is 14.7 Å². The number of carbonyl (C=O) groups excluding carboxylic acids is 2. The van der Waals surface area contributed by atoms with Gasteiger partial charge in [0.15, 0.2) is 11.5 Å². The summed E-state index contributed by atoms with van der Waals surface area (Å²) in [5.74, 6) is 0.347. The van der Waals surface area contributed by atoms with Crippen molar-refractivity contribution in [1.82, 2.24) is 10.2 Å². The SMILES string of the molecule is COC(=O)CCCN1CC[C@@H](CNC(=O)c2cc(N)cc3c2OCCCO3)[C@H](O)C1. The van der Waals surface area contributed by atoms with Crippen molar-refractivity contribution >= 4 is 17.6 Å². The number of fused-ring (bicyclic) bond motifs is 1. The van der Waals surface area contributed by atoms with Gasteiger partial charge in [-0.05, 0) is 32.0 Å². The van der Waals surface area contributed by atoms with Crippen LogP contribution in [0.2, 0.25) is 0 Å². The summed E-state index contributed by atoms with van der Waals surface area (Å²) in [6, 6.07) is 3.25. The second kappa shape index (κ2) is 10.5. The molecule has 2 heterocycles. The van der Waals surface area contributed by atoms with Crippen LogP contribution < -0.4 is 20.5 Å². The number of β-amino-alcohol motifs (C(OH)–C–C–N with tert-alkyl or cyclic N) is 1. The number of amides is 1. The van der Waals surface area contributed by atoms with Crippen molar-refractivity contribution < 1.29 is 28.9 Å². The second-order valence-corrected chi connectivity index (χ2v) is 7.75. The van der Waals surface area contributed by atoms with E-state index in [1.807, 2.05) is 0 Å². The van der Waals surface area contributed by atoms with E-state index in [0.717, 1.165) is 25.9 Å². The first kappa shape index (κ1) is 22.2. The number of carbonyl (C=O) groups is 2. The maximum absolute atomic E-state index is 12.8. The van der Waals surface area contributed by atoms with E-state index < -0.39 is 6.10 Å². The molecular weight excluding hydrogens is 390 g/mol. The number of piperidine rings is 1. The first-order valence-electron chi connectivity index (χ1n) is 10.4. The van der Waals surface area contributed by atoms with Gasteiger partial charge in [-0.15, -0.1) is 0 Å². The van der Waals surface area contributed by atoms with Crippen LogP contribution in [0.1, 0.15) is 36.0 Å². The van der Waals surface area contributed by atoms with Crippen molar-refractivity contribution in [3.05, 3.63) is 17.7 Å². The van der Waals surface area contributed by atoms with Gasteiger partial charge in [-0.25, -0.2) is 0 Å². The molecule has 2 aliphatic heterocycles. The number of aliphatic hydroxyl groups is 1. The number of nitrogens with zero attached hydrogens (tertiary/aromatic N) is 1. The number of hydrogen-bond donors (Lipinski definition) is 3. The van der Waals surface area contributed by atoms with E-state index in [1.165, 1.54) is 7.11 Å². The number of methoxy groups -OCH3 is 1. The van der Waals surface area contributed by atoms with Crippen molar-refractivity contribution in [2.45, 2.75) is 31.8 Å². The molecule has 166 valence electrons. The highest BCUT2D eigenvalue weighted by Crippen LogP contribution is 2.35. The minimum atomic E-state index is -0.547. The summed E-state index contributed by atoms with van der Waals surface area (Å²) in [4.78, 5) is 26.1. The first-order valence-corrected chi connectivity index (χ1v) is 10.4. The fourth-order valence-corrected chi connectivity index (χ4v) is 3.82. The van der Waals surface area contributed by atoms with Gasteiger partial charge in [0.1, 0.15) is 0 Å². The standard InChI is InChI=1S/C21H31N3O6/c1-28-19(26)4-2-6-24-7-5-14(17(25)13-24)12-23-21(27)16-10-15(22)11-18-20(16)30-9-3-8-29-18/h10-11,14,17,25H,2-9,12-13,22H2,1H3,(H,23,27)/t14-,17+/m0/s1. The molecule has 0 saturated carbocycles. The maximum atomic E-state index is 12.8. The quantitative estimate of drug-likeness (QED) is 0.436. The Kier molecular flexibility index (Phi) is 7.75. The summed E-state index contributed by atoms with van der Waals surface area (Å²) in [6.45, 7) is 3.42. The molecule has 1 aromatic rings. The molecule has 0 aromatic heterocycles. The van der Waals surface area contributed by atoms with Gasteiger partial charge >= 0.3 is 5.97 Å². The highest BCUT2D eigenvalue weighted by atomic mass is 16.5. The van der Waals surface area contributed by atoms with Crippen LogP contribution in [0.15, 0.2) is 12.1 Å². The lowest BCUT2D eigenvalue weighted by atomic mass is 9.93. The molecule has 1 amide bonds. The molecule has 0 radical (unpaired) electrons. The Morgan fingerprint density at radius 1 is 1.33 bits per heavy atom. The molecule has 3 rings (SSSR count). The van der Waals surface area contributed by atoms with Gasteiger partial charge in [-0.2, -0.15) is 0 Å². The molecule has 0 unspecified atom stereocenters. The van der Waals surface area contributed by atoms with Crippen molar-refractivity contribution in [2.75, 3.05) is 52.2 Å². The minimum absolute atomic E-state index is 0.0392. The number of nitrogens with two attached hydrogens (primary N) is 1. The Bertz CT molecular complexity index is 757. The van der Waals surface area contributed by atoms with Crippen LogP contribution >= 0.6 is 0 Å². The predicted octanol–water partition coefficient (Wildman–Crippen LogP) is 0.796. The van der Waals surface area contributed by atoms with Crippen LogP contribution in [0, 0.1) is 5.92 Å². The smallest absolute Gasteiger partial charge is 0.305 e. The van der Waals surface area contributed by atoms with Crippen LogP contribution in [0.3, 0.4) is 0 Å². The van der Waals surface area contributed by atoms with Crippen molar-refractivity contribution in [1.29, 1.82) is 0 Å². The third-order valence-corrected chi connectivity index (χ3v) is 5.53. The zero-order valence-electron chi connectivity index (χ0n) is 17.4. The lowest BCUT2D eigenvalue weighted by Crippen LogP contribution is -2.47. The highest BCUT2D eigenvalue weighted by molar-refractivity contribution is 5.98. The van der Waals surface area contributed by atoms with Crippen molar-refractivity contribution in [3.63, 3.8) is 0 Å². The molecule has 9 nitrogen and oxygen atoms in total. The fourth-order valence-electron chi connectivity index (χ4n) is 3.82. The van der Waals surface area contributed by atoms with Crippen LogP contribution in [0.4, 0.5) is 5.69 Å². The summed E-state index contributed by atoms with van der Waals surface area (Å²) in [5.41, 5.74) is 6.71. The lowest BCUT2D eigenvalue weighted by Gasteiger charge is -2.36. The third kappa shape index (κ3) is 5.76. The monoisotopic (exact) mass is 421 g/mol. The van der Waals surface area contributed by atoms with Crippen LogP contribution in [-0.2, 0) is 9.53 Å². The number of anilines is 1. The largest absolute Gasteiger partial charge is 0.489 e. The van der Waals surface area contributed by atoms with Crippen LogP contribution in [0.5, 0.6) is 11.5 Å². The number of ether oxygens (including phenoxy) is 3. The highest BCUT2D eigenvalue weighted by Gasteiger charge is 2.29. The number of rotatable bonds is 7. The second-order valence-electron chi connectivity index (χ2n) is 7.75. The minimum Gasteiger partial charge on any atom is -0.489 e. The summed E-state index contributed by atoms with van der Waals surface area (Å²) in [7, 11) is 1.38. The topological polar surface area (TPSA) is 123 Å². The van der Waals surface area contributed by atoms with Crippen LogP contribution in [0.25, 0.3) is 0 Å². The van der Waals surface area contributed by atoms with E-state index in [4.69, 9.17) is 15.2 Å². The van der Waals surface area contributed by atoms with E-state index in [-0.39, 0.29) is 17.8 Å². The molecule has 0 bridgehead atoms. The maximum Gasteiger partial charge on any atom is 0.305 e. The van der Waals surface area contributed by atoms with E-state index in [1.54, 1.807) is 12.1 Å². The van der Waals surface area contributed by atoms with Crippen LogP contribution in [-0.4, -0.2) is 74.5 Å². The van der Waals surface area contributed by atoms with E-state index in [0.29, 0.717) is 61.9 Å². The number of hydrogen-bond acceptors (Lipinski definition) is 8. The zero-order valence-corrected chi connectivity index (χ0v) is 17.4. The van der Waals surface area contributed by atoms with Gasteiger partial charge in [0.2, 0.25) is 0 Å². The molecule has 1 saturated heterocycles. The van der Waals surface area contributed by atoms with E-state index in [2.05, 4.69) is 15.0 Å². The molecule has 2 aliphatic rings. The molecule has 1 aromatic carbocycles. The van der Waals surface area contributed by atoms with Gasteiger partial charge in [0.25, 0.3) is 5.91 Å². The van der Waals surface area contributed by atoms with E-state index >= 15 is 0 Å². The van der Waals surface area contributed by atoms with Gasteiger partial charge < -0.3 is 35.3 Å². The zero-order chi connectivity index (χ0) is 21.5. The van der Waals surface area contributed by atoms with Gasteiger partial charge in [0.05, 0.1) is 32.0 Å². The normalized spacial score (nSPS) is 21.5. The first-order chi connectivity index (χ1) is 14.5. The third-order valence-electron chi connectivity index (χ3n) is 5.53. The number of likely N-dealkylation sites (tertiary alicyclic amines) is 1. The Labute approximate surface area is 176 Å². The molecule has 1 fully saturated rings. The number of nitrogen functional groups attached to an aromatic ring is 1. The van der Waals surface area contributed by atoms with Gasteiger partial charge in [0, 0.05) is 43.6 Å². The molecular formula is C21H31N3O6. The number of benzene rings is 1. The Morgan fingerprint density at radius 3 is 2.90 bits per heavy atom. The Balaban J connectivity index is 1.51. The average molecular weight is 421 g/mol. The molecule has 9 heteroatoms. The van der Waals surface area contributed by atoms with Crippen molar-refractivity contribution in [2.24, 2.45) is 5.92 Å². The number of aliphatic hydroxyl groups excluding tert-OH is 1. The molecule has 0 aliphatic carbocycles. The van der Waals surface area contributed by atoms with Gasteiger partial charge in [-0.3, -0.25) is 9.59 Å². The summed E-state index contributed by atoms with van der Waals surface area (Å²) >= 11 is 0. The number of esters is 1. The van der Waals surface area contributed by atoms with Gasteiger partial charge in [-0.1, -0.05) is 0 Å². The number of nitrogens with one attached hydrogen (secondary N) is 1. The molecule has 2 atom stereocenters. The predicted molar refractivity (Wildman–Crippen MR) is 111 cm³/mol. The summed E-state index contributed by atoms with van der Waals surface area (Å²) < 4.78 is 16.0. The summed E-state index contributed by atoms with van der Waals surface area (Å²) in [6.07, 6.45) is 2.02. The fraction of sp³-hybridized carbons (Fsp3) is 0.619. The molecule has 0 spiro atoms. The lowest BCUT2D eigenvalue weighted by molar-refractivity contribution is -0.140. The average Bonchev–Trinajstić information content (AvgIpc) is 2.97. The molecule has 4 N–H and O–H groups in total. The Morgan fingerprint density at radius 2 is 2.13 bits per heavy atom. The molecule has 30 heavy (non-hydrogen) atoms. The Hall–Kier alpha value is -2.52. The van der Waals surface area contributed by atoms with Crippen molar-refractivity contribution in [3.8, 4) is 11.5 Å². The summed E-state index contributed by atoms with van der Waals surface area (Å²) in [5, 5.41) is 13.4.